The maximum Gasteiger partial charge on any atom is 0.251 e. The van der Waals surface area contributed by atoms with Gasteiger partial charge in [0.2, 0.25) is 31.9 Å². The van der Waals surface area contributed by atoms with Gasteiger partial charge in [0, 0.05) is 10.8 Å². The van der Waals surface area contributed by atoms with E-state index in [1.807, 2.05) is 33.8 Å². The Kier molecular flexibility index (Phi) is 16.6. The molecule has 2 amide bonds. The van der Waals surface area contributed by atoms with Crippen LogP contribution in [-0.4, -0.2) is 106 Å². The standard InChI is InChI=1S/C31H32N4O8S.C21H24N4O5S.CH4/c1-19(2)18-44(38,39)34-22-5-6-23-24(17-22)35(30(37)16-21-4-8-26-28(14-21)43-12-10-41-26)33-31(23)32-29(36)15-20-3-7-25-27(13-20)42-11-9-40-25;1-13(2)12-31(27,28)25-15-4-5-16-17(11-15)23-24-21(16)22-20(26)10-14-3-6-18-19(9-14)30-8-7-29-18;/h3-8,13-14,17,19,34H,9-12,15-16,18H2,1-2H3,(H,32,33,36);3-6,9,11,13,25H,7-8,10,12H2,1-2H3,(H2,22,23,24,26);1H4. The van der Waals surface area contributed by atoms with Gasteiger partial charge in [0.05, 0.1) is 53.2 Å². The van der Waals surface area contributed by atoms with Crippen LogP contribution in [0.25, 0.3) is 21.8 Å². The van der Waals surface area contributed by atoms with E-state index in [-0.39, 0.29) is 79.3 Å². The molecule has 2 aromatic heterocycles. The first-order chi connectivity index (χ1) is 35.9. The minimum absolute atomic E-state index is 0. The Morgan fingerprint density at radius 1 is 0.539 bits per heavy atom. The molecule has 5 N–H and O–H groups in total. The molecule has 76 heavy (non-hydrogen) atoms. The second-order valence-corrected chi connectivity index (χ2v) is 22.4. The number of fused-ring (bicyclic) bond motifs is 5. The van der Waals surface area contributed by atoms with E-state index in [2.05, 4.69) is 35.4 Å². The van der Waals surface area contributed by atoms with Crippen molar-refractivity contribution in [3.8, 4) is 34.5 Å². The predicted molar refractivity (Wildman–Crippen MR) is 288 cm³/mol. The molecule has 0 fully saturated rings. The van der Waals surface area contributed by atoms with Crippen LogP contribution in [0.3, 0.4) is 0 Å². The highest BCUT2D eigenvalue weighted by atomic mass is 32.2. The second kappa shape index (κ2) is 23.2. The van der Waals surface area contributed by atoms with Gasteiger partial charge in [0.1, 0.15) is 39.6 Å². The van der Waals surface area contributed by atoms with Crippen molar-refractivity contribution in [1.82, 2.24) is 20.0 Å². The Labute approximate surface area is 440 Å². The fraction of sp³-hybridized carbons (Fsp3) is 0.340. The lowest BCUT2D eigenvalue weighted by Gasteiger charge is -2.18. The van der Waals surface area contributed by atoms with E-state index in [0.717, 1.165) is 5.56 Å². The molecule has 0 spiro atoms. The Morgan fingerprint density at radius 3 is 1.43 bits per heavy atom. The van der Waals surface area contributed by atoms with Gasteiger partial charge < -0.3 is 39.1 Å². The van der Waals surface area contributed by atoms with Crippen molar-refractivity contribution in [3.05, 3.63) is 108 Å². The van der Waals surface area contributed by atoms with Crippen LogP contribution >= 0.6 is 0 Å². The molecule has 0 radical (unpaired) electrons. The first-order valence-electron chi connectivity index (χ1n) is 24.2. The number of ether oxygens (including phenoxy) is 6. The molecule has 0 saturated heterocycles. The topological polar surface area (TPSA) is 269 Å². The average molecular weight is 1080 g/mol. The third kappa shape index (κ3) is 13.6. The van der Waals surface area contributed by atoms with Crippen molar-refractivity contribution in [1.29, 1.82) is 0 Å². The SMILES string of the molecule is C.CC(C)CS(=O)(=O)Nc1ccc2c(NC(=O)Cc3ccc4c(c3)OCCO4)n[nH]c2c1.CC(C)CS(=O)(=O)Nc1ccc2c(NC(=O)Cc3ccc4c(c3)OCCO4)nn(C(=O)Cc3ccc4c(c3)OCCO4)c2c1. The van der Waals surface area contributed by atoms with Crippen molar-refractivity contribution in [3.63, 3.8) is 0 Å². The van der Waals surface area contributed by atoms with Crippen molar-refractivity contribution < 1.29 is 59.6 Å². The van der Waals surface area contributed by atoms with Gasteiger partial charge in [-0.15, -0.1) is 5.10 Å². The van der Waals surface area contributed by atoms with E-state index in [4.69, 9.17) is 28.4 Å². The van der Waals surface area contributed by atoms with Crippen molar-refractivity contribution >= 4 is 82.6 Å². The molecule has 10 rings (SSSR count). The van der Waals surface area contributed by atoms with Gasteiger partial charge in [-0.3, -0.25) is 28.9 Å². The van der Waals surface area contributed by atoms with E-state index in [9.17, 15) is 31.2 Å². The van der Waals surface area contributed by atoms with Crippen LogP contribution < -0.4 is 48.5 Å². The summed E-state index contributed by atoms with van der Waals surface area (Å²) in [6, 6.07) is 25.8. The minimum atomic E-state index is -3.63. The molecule has 23 heteroatoms. The van der Waals surface area contributed by atoms with E-state index < -0.39 is 20.0 Å². The number of H-pyrrole nitrogens is 1. The number of aromatic amines is 1. The second-order valence-electron chi connectivity index (χ2n) is 18.8. The van der Waals surface area contributed by atoms with Crippen molar-refractivity contribution in [2.45, 2.75) is 54.4 Å². The average Bonchev–Trinajstić information content (AvgIpc) is 3.93. The van der Waals surface area contributed by atoms with Gasteiger partial charge in [-0.25, -0.2) is 16.8 Å². The molecular weight excluding hydrogens is 1020 g/mol. The van der Waals surface area contributed by atoms with Gasteiger partial charge in [0.15, 0.2) is 46.1 Å². The summed E-state index contributed by atoms with van der Waals surface area (Å²) < 4.78 is 89.4. The molecule has 7 aromatic rings. The summed E-state index contributed by atoms with van der Waals surface area (Å²) in [6.45, 7) is 10.1. The molecule has 3 aliphatic rings. The molecule has 3 aliphatic heterocycles. The highest BCUT2D eigenvalue weighted by Crippen LogP contribution is 2.35. The lowest BCUT2D eigenvalue weighted by molar-refractivity contribution is -0.116. The smallest absolute Gasteiger partial charge is 0.251 e. The third-order valence-electron chi connectivity index (χ3n) is 11.6. The molecule has 21 nitrogen and oxygen atoms in total. The first kappa shape index (κ1) is 54.2. The Morgan fingerprint density at radius 2 is 0.961 bits per heavy atom. The molecular formula is C53H60N8O13S2. The lowest BCUT2D eigenvalue weighted by atomic mass is 10.1. The van der Waals surface area contributed by atoms with Crippen molar-refractivity contribution in [2.75, 3.05) is 71.2 Å². The lowest BCUT2D eigenvalue weighted by Crippen LogP contribution is -2.20. The normalized spacial score (nSPS) is 13.6. The first-order valence-corrected chi connectivity index (χ1v) is 27.5. The summed E-state index contributed by atoms with van der Waals surface area (Å²) in [7, 11) is -7.05. The number of sulfonamides is 2. The quantitative estimate of drug-likeness (QED) is 0.0624. The maximum atomic E-state index is 13.6. The molecule has 0 saturated carbocycles. The van der Waals surface area contributed by atoms with Gasteiger partial charge >= 0.3 is 0 Å². The number of hydrogen-bond acceptors (Lipinski definition) is 15. The molecule has 0 aliphatic carbocycles. The van der Waals surface area contributed by atoms with Gasteiger partial charge in [0.25, 0.3) is 5.91 Å². The zero-order chi connectivity index (χ0) is 52.9. The maximum absolute atomic E-state index is 13.6. The number of rotatable bonds is 16. The number of aromatic nitrogens is 4. The number of nitrogens with one attached hydrogen (secondary N) is 5. The van der Waals surface area contributed by atoms with Crippen LogP contribution in [-0.2, 0) is 48.9 Å². The van der Waals surface area contributed by atoms with Gasteiger partial charge in [-0.2, -0.15) is 9.78 Å². The summed E-state index contributed by atoms with van der Waals surface area (Å²) in [5.74, 6) is 3.18. The highest BCUT2D eigenvalue weighted by molar-refractivity contribution is 7.93. The summed E-state index contributed by atoms with van der Waals surface area (Å²) in [5, 5.41) is 18.2. The summed E-state index contributed by atoms with van der Waals surface area (Å²) >= 11 is 0. The zero-order valence-corrected chi connectivity index (χ0v) is 43.2. The van der Waals surface area contributed by atoms with E-state index in [1.165, 1.54) is 4.68 Å². The number of anilines is 4. The number of benzene rings is 5. The molecule has 0 bridgehead atoms. The summed E-state index contributed by atoms with van der Waals surface area (Å²) in [5.41, 5.74) is 3.86. The molecule has 5 heterocycles. The number of carbonyl (C=O) groups is 3. The largest absolute Gasteiger partial charge is 0.486 e. The highest BCUT2D eigenvalue weighted by Gasteiger charge is 2.23. The summed E-state index contributed by atoms with van der Waals surface area (Å²) in [6.07, 6.45) is 0.155. The van der Waals surface area contributed by atoms with E-state index >= 15 is 0 Å². The minimum Gasteiger partial charge on any atom is -0.486 e. The van der Waals surface area contributed by atoms with Gasteiger partial charge in [-0.05, 0) is 101 Å². The molecule has 0 unspecified atom stereocenters. The molecule has 402 valence electrons. The number of nitrogens with zero attached hydrogens (tertiary/aromatic N) is 3. The zero-order valence-electron chi connectivity index (χ0n) is 41.6. The third-order valence-corrected chi connectivity index (χ3v) is 14.9. The van der Waals surface area contributed by atoms with Crippen LogP contribution in [0.15, 0.2) is 91.0 Å². The van der Waals surface area contributed by atoms with Crippen LogP contribution in [0.2, 0.25) is 0 Å². The Hall–Kier alpha value is -8.05. The Balaban J connectivity index is 0.000000211. The summed E-state index contributed by atoms with van der Waals surface area (Å²) in [4.78, 5) is 39.3. The monoisotopic (exact) mass is 1080 g/mol. The fourth-order valence-corrected chi connectivity index (χ4v) is 11.4. The Bertz CT molecular complexity index is 3520. The van der Waals surface area contributed by atoms with E-state index in [0.29, 0.717) is 119 Å². The van der Waals surface area contributed by atoms with Gasteiger partial charge in [-0.1, -0.05) is 53.3 Å². The number of carbonyl (C=O) groups excluding carboxylic acids is 3. The molecule has 0 atom stereocenters. The van der Waals surface area contributed by atoms with E-state index in [1.54, 1.807) is 84.9 Å². The number of amides is 2. The van der Waals surface area contributed by atoms with Crippen LogP contribution in [0.1, 0.15) is 56.6 Å². The van der Waals surface area contributed by atoms with Crippen molar-refractivity contribution in [2.24, 2.45) is 11.8 Å². The predicted octanol–water partition coefficient (Wildman–Crippen LogP) is 7.59. The van der Waals surface area contributed by atoms with Crippen LogP contribution in [0, 0.1) is 11.8 Å². The molecule has 5 aromatic carbocycles. The number of hydrogen-bond donors (Lipinski definition) is 5. The van der Waals surface area contributed by atoms with Crippen LogP contribution in [0.4, 0.5) is 23.0 Å². The van der Waals surface area contributed by atoms with Crippen LogP contribution in [0.5, 0.6) is 34.5 Å². The fourth-order valence-electron chi connectivity index (χ4n) is 8.53.